The number of hydrogen-bond acceptors (Lipinski definition) is 4. The molecule has 0 saturated heterocycles. The third-order valence-electron chi connectivity index (χ3n) is 2.45. The molecule has 0 amide bonds. The van der Waals surface area contributed by atoms with Gasteiger partial charge < -0.3 is 4.98 Å². The van der Waals surface area contributed by atoms with E-state index in [1.165, 1.54) is 11.8 Å². The fourth-order valence-corrected chi connectivity index (χ4v) is 2.45. The van der Waals surface area contributed by atoms with E-state index >= 15 is 0 Å². The van der Waals surface area contributed by atoms with E-state index in [9.17, 15) is 0 Å². The summed E-state index contributed by atoms with van der Waals surface area (Å²) in [4.78, 5) is 11.8. The van der Waals surface area contributed by atoms with Crippen molar-refractivity contribution in [2.24, 2.45) is 0 Å². The highest BCUT2D eigenvalue weighted by atomic mass is 32.2. The first-order valence-electron chi connectivity index (χ1n) is 5.34. The summed E-state index contributed by atoms with van der Waals surface area (Å²) in [5, 5.41) is 10.4. The van der Waals surface area contributed by atoms with Crippen molar-refractivity contribution in [2.75, 3.05) is 0 Å². The Labute approximate surface area is 108 Å². The van der Waals surface area contributed by atoms with Gasteiger partial charge in [0.1, 0.15) is 11.1 Å². The van der Waals surface area contributed by atoms with Crippen molar-refractivity contribution in [2.45, 2.75) is 10.2 Å². The molecular weight excluding hydrogens is 244 g/mol. The van der Waals surface area contributed by atoms with Gasteiger partial charge in [-0.3, -0.25) is 0 Å². The molecule has 0 radical (unpaired) electrons. The normalized spacial score (nSPS) is 10.4. The minimum Gasteiger partial charge on any atom is -0.333 e. The quantitative estimate of drug-likeness (QED) is 0.761. The molecule has 86 valence electrons. The fraction of sp³-hybridized carbons (Fsp3) is 0. The second-order valence-electron chi connectivity index (χ2n) is 3.63. The maximum Gasteiger partial charge on any atom is 0.172 e. The number of imidazole rings is 1. The van der Waals surface area contributed by atoms with Crippen LogP contribution in [0.5, 0.6) is 0 Å². The number of nitrogens with zero attached hydrogens (tertiary/aromatic N) is 3. The lowest BCUT2D eigenvalue weighted by Crippen LogP contribution is -1.85. The molecule has 2 aromatic heterocycles. The molecular formula is C13H8N4S. The molecule has 0 fully saturated rings. The van der Waals surface area contributed by atoms with Crippen molar-refractivity contribution >= 4 is 22.8 Å². The largest absolute Gasteiger partial charge is 0.333 e. The van der Waals surface area contributed by atoms with Gasteiger partial charge >= 0.3 is 0 Å². The van der Waals surface area contributed by atoms with Crippen LogP contribution in [0.1, 0.15) is 5.56 Å². The van der Waals surface area contributed by atoms with Crippen LogP contribution in [0.3, 0.4) is 0 Å². The van der Waals surface area contributed by atoms with E-state index < -0.39 is 0 Å². The zero-order valence-electron chi connectivity index (χ0n) is 9.29. The highest BCUT2D eigenvalue weighted by molar-refractivity contribution is 7.99. The SMILES string of the molecule is N#Cc1cccnc1Sc1nc2ccccc2[nH]1. The molecule has 0 bridgehead atoms. The lowest BCUT2D eigenvalue weighted by molar-refractivity contribution is 1.05. The second-order valence-corrected chi connectivity index (χ2v) is 4.61. The van der Waals surface area contributed by atoms with Gasteiger partial charge in [0, 0.05) is 6.20 Å². The molecule has 1 N–H and O–H groups in total. The molecule has 0 unspecified atom stereocenters. The number of pyridine rings is 1. The molecule has 3 aromatic rings. The molecule has 18 heavy (non-hydrogen) atoms. The standard InChI is InChI=1S/C13H8N4S/c14-8-9-4-3-7-15-12(9)18-13-16-10-5-1-2-6-11(10)17-13/h1-7H,(H,16,17). The lowest BCUT2D eigenvalue weighted by atomic mass is 10.3. The number of H-pyrrole nitrogens is 1. The number of hydrogen-bond donors (Lipinski definition) is 1. The molecule has 4 nitrogen and oxygen atoms in total. The van der Waals surface area contributed by atoms with Gasteiger partial charge in [-0.2, -0.15) is 5.26 Å². The van der Waals surface area contributed by atoms with Crippen LogP contribution in [-0.4, -0.2) is 15.0 Å². The van der Waals surface area contributed by atoms with Gasteiger partial charge in [0.2, 0.25) is 0 Å². The first-order valence-corrected chi connectivity index (χ1v) is 6.16. The van der Waals surface area contributed by atoms with Gasteiger partial charge in [0.05, 0.1) is 16.6 Å². The number of para-hydroxylation sites is 2. The number of fused-ring (bicyclic) bond motifs is 1. The summed E-state index contributed by atoms with van der Waals surface area (Å²) >= 11 is 1.36. The third-order valence-corrected chi connectivity index (χ3v) is 3.36. The zero-order chi connectivity index (χ0) is 12.4. The van der Waals surface area contributed by atoms with Gasteiger partial charge in [-0.05, 0) is 36.0 Å². The van der Waals surface area contributed by atoms with Crippen molar-refractivity contribution in [1.29, 1.82) is 5.26 Å². The van der Waals surface area contributed by atoms with Gasteiger partial charge in [-0.25, -0.2) is 9.97 Å². The maximum atomic E-state index is 9.00. The Kier molecular flexibility index (Phi) is 2.71. The maximum absolute atomic E-state index is 9.00. The molecule has 1 aromatic carbocycles. The number of nitriles is 1. The van der Waals surface area contributed by atoms with Crippen LogP contribution < -0.4 is 0 Å². The van der Waals surface area contributed by atoms with Crippen LogP contribution in [0.15, 0.2) is 52.8 Å². The average molecular weight is 252 g/mol. The monoisotopic (exact) mass is 252 g/mol. The number of aromatic amines is 1. The van der Waals surface area contributed by atoms with Crippen molar-refractivity contribution in [3.63, 3.8) is 0 Å². The predicted molar refractivity (Wildman–Crippen MR) is 69.2 cm³/mol. The number of benzene rings is 1. The molecule has 5 heteroatoms. The Balaban J connectivity index is 1.99. The summed E-state index contributed by atoms with van der Waals surface area (Å²) in [5.41, 5.74) is 2.45. The summed E-state index contributed by atoms with van der Waals surface area (Å²) in [5.74, 6) is 0. The van der Waals surface area contributed by atoms with Crippen molar-refractivity contribution in [3.05, 3.63) is 48.2 Å². The van der Waals surface area contributed by atoms with Crippen LogP contribution in [-0.2, 0) is 0 Å². The average Bonchev–Trinajstić information content (AvgIpc) is 2.81. The fourth-order valence-electron chi connectivity index (χ4n) is 1.63. The van der Waals surface area contributed by atoms with E-state index in [-0.39, 0.29) is 0 Å². The Morgan fingerprint density at radius 1 is 1.17 bits per heavy atom. The van der Waals surface area contributed by atoms with Gasteiger partial charge in [0.15, 0.2) is 5.16 Å². The van der Waals surface area contributed by atoms with E-state index in [4.69, 9.17) is 5.26 Å². The van der Waals surface area contributed by atoms with Gasteiger partial charge in [-0.1, -0.05) is 12.1 Å². The second kappa shape index (κ2) is 4.51. The van der Waals surface area contributed by atoms with E-state index in [0.717, 1.165) is 16.2 Å². The Morgan fingerprint density at radius 2 is 2.06 bits per heavy atom. The lowest BCUT2D eigenvalue weighted by Gasteiger charge is -1.98. The summed E-state index contributed by atoms with van der Waals surface area (Å²) in [7, 11) is 0. The molecule has 0 aliphatic heterocycles. The summed E-state index contributed by atoms with van der Waals surface area (Å²) < 4.78 is 0. The zero-order valence-corrected chi connectivity index (χ0v) is 10.1. The summed E-state index contributed by atoms with van der Waals surface area (Å²) in [6.45, 7) is 0. The summed E-state index contributed by atoms with van der Waals surface area (Å²) in [6, 6.07) is 13.4. The highest BCUT2D eigenvalue weighted by Gasteiger charge is 2.08. The minimum absolute atomic E-state index is 0.558. The molecule has 0 saturated carbocycles. The first-order chi connectivity index (χ1) is 8.86. The van der Waals surface area contributed by atoms with Crippen molar-refractivity contribution in [1.82, 2.24) is 15.0 Å². The molecule has 3 rings (SSSR count). The van der Waals surface area contributed by atoms with Gasteiger partial charge in [0.25, 0.3) is 0 Å². The topological polar surface area (TPSA) is 65.4 Å². The van der Waals surface area contributed by atoms with Crippen LogP contribution in [0.25, 0.3) is 11.0 Å². The molecule has 0 aliphatic carbocycles. The van der Waals surface area contributed by atoms with E-state index in [1.54, 1.807) is 18.3 Å². The van der Waals surface area contributed by atoms with Crippen molar-refractivity contribution < 1.29 is 0 Å². The van der Waals surface area contributed by atoms with E-state index in [0.29, 0.717) is 10.6 Å². The van der Waals surface area contributed by atoms with Crippen LogP contribution in [0, 0.1) is 11.3 Å². The Morgan fingerprint density at radius 3 is 2.89 bits per heavy atom. The van der Waals surface area contributed by atoms with Crippen LogP contribution >= 0.6 is 11.8 Å². The van der Waals surface area contributed by atoms with Gasteiger partial charge in [-0.15, -0.1) is 0 Å². The first kappa shape index (κ1) is 10.8. The number of rotatable bonds is 2. The highest BCUT2D eigenvalue weighted by Crippen LogP contribution is 2.27. The molecule has 2 heterocycles. The number of nitrogens with one attached hydrogen (secondary N) is 1. The smallest absolute Gasteiger partial charge is 0.172 e. The molecule has 0 aliphatic rings. The predicted octanol–water partition coefficient (Wildman–Crippen LogP) is 2.98. The minimum atomic E-state index is 0.558. The molecule has 0 spiro atoms. The van der Waals surface area contributed by atoms with E-state index in [2.05, 4.69) is 21.0 Å². The third kappa shape index (κ3) is 1.94. The van der Waals surface area contributed by atoms with Crippen LogP contribution in [0.2, 0.25) is 0 Å². The van der Waals surface area contributed by atoms with E-state index in [1.807, 2.05) is 24.3 Å². The number of aromatic nitrogens is 3. The van der Waals surface area contributed by atoms with Crippen LogP contribution in [0.4, 0.5) is 0 Å². The Hall–Kier alpha value is -2.32. The molecule has 0 atom stereocenters. The summed E-state index contributed by atoms with van der Waals surface area (Å²) in [6.07, 6.45) is 1.67. The Bertz CT molecular complexity index is 709. The van der Waals surface area contributed by atoms with Crippen molar-refractivity contribution in [3.8, 4) is 6.07 Å².